The van der Waals surface area contributed by atoms with Crippen LogP contribution in [-0.4, -0.2) is 54.3 Å². The van der Waals surface area contributed by atoms with Gasteiger partial charge in [0.15, 0.2) is 0 Å². The van der Waals surface area contributed by atoms with E-state index in [9.17, 15) is 9.59 Å². The summed E-state index contributed by atoms with van der Waals surface area (Å²) in [5.41, 5.74) is 0.396. The Bertz CT molecular complexity index is 577. The lowest BCUT2D eigenvalue weighted by Crippen LogP contribution is -2.49. The molecule has 6 nitrogen and oxygen atoms in total. The molecule has 0 N–H and O–H groups in total. The van der Waals surface area contributed by atoms with Crippen LogP contribution in [0.3, 0.4) is 0 Å². The first-order valence-electron chi connectivity index (χ1n) is 8.58. The fraction of sp³-hybridized carbons (Fsp3) is 0.579. The molecule has 1 heterocycles. The van der Waals surface area contributed by atoms with Crippen molar-refractivity contribution in [2.45, 2.75) is 52.0 Å². The van der Waals surface area contributed by atoms with Crippen molar-refractivity contribution in [3.05, 3.63) is 35.9 Å². The van der Waals surface area contributed by atoms with Crippen LogP contribution < -0.4 is 0 Å². The van der Waals surface area contributed by atoms with Gasteiger partial charge in [-0.15, -0.1) is 0 Å². The Morgan fingerprint density at radius 2 is 1.92 bits per heavy atom. The Labute approximate surface area is 149 Å². The number of epoxide rings is 1. The number of hydrogen-bond acceptors (Lipinski definition) is 6. The molecule has 2 rings (SSSR count). The van der Waals surface area contributed by atoms with Crippen LogP contribution >= 0.6 is 0 Å². The molecular formula is C19H27NO5. The molecule has 1 fully saturated rings. The molecule has 1 aliphatic heterocycles. The van der Waals surface area contributed by atoms with Gasteiger partial charge in [0.2, 0.25) is 0 Å². The second kappa shape index (κ2) is 8.45. The van der Waals surface area contributed by atoms with E-state index < -0.39 is 11.6 Å². The molecule has 2 atom stereocenters. The maximum Gasteiger partial charge on any atom is 0.326 e. The summed E-state index contributed by atoms with van der Waals surface area (Å²) >= 11 is 0. The number of benzene rings is 1. The van der Waals surface area contributed by atoms with Gasteiger partial charge in [0.1, 0.15) is 17.7 Å². The van der Waals surface area contributed by atoms with E-state index in [2.05, 4.69) is 0 Å². The Morgan fingerprint density at radius 1 is 1.28 bits per heavy atom. The zero-order chi connectivity index (χ0) is 18.4. The molecule has 25 heavy (non-hydrogen) atoms. The first-order valence-corrected chi connectivity index (χ1v) is 8.58. The lowest BCUT2D eigenvalue weighted by atomic mass is 10.1. The second-order valence-electron chi connectivity index (χ2n) is 7.05. The van der Waals surface area contributed by atoms with Crippen LogP contribution in [-0.2, 0) is 30.3 Å². The van der Waals surface area contributed by atoms with E-state index >= 15 is 0 Å². The lowest BCUT2D eigenvalue weighted by Gasteiger charge is -2.31. The highest BCUT2D eigenvalue weighted by molar-refractivity contribution is 5.79. The average Bonchev–Trinajstić information content (AvgIpc) is 3.31. The summed E-state index contributed by atoms with van der Waals surface area (Å²) in [6.45, 7) is 8.45. The highest BCUT2D eigenvalue weighted by Gasteiger charge is 2.44. The monoisotopic (exact) mass is 349 g/mol. The summed E-state index contributed by atoms with van der Waals surface area (Å²) in [5, 5.41) is 0. The van der Waals surface area contributed by atoms with E-state index in [1.165, 1.54) is 0 Å². The Balaban J connectivity index is 2.19. The van der Waals surface area contributed by atoms with Gasteiger partial charge in [0.25, 0.3) is 0 Å². The van der Waals surface area contributed by atoms with E-state index in [1.807, 2.05) is 51.1 Å². The van der Waals surface area contributed by atoms with Crippen molar-refractivity contribution >= 4 is 11.9 Å². The third kappa shape index (κ3) is 6.48. The van der Waals surface area contributed by atoms with Gasteiger partial charge in [-0.3, -0.25) is 14.5 Å². The van der Waals surface area contributed by atoms with Gasteiger partial charge in [-0.2, -0.15) is 0 Å². The van der Waals surface area contributed by atoms with Gasteiger partial charge in [-0.05, 0) is 33.3 Å². The number of carbonyl (C=O) groups excluding carboxylic acids is 2. The van der Waals surface area contributed by atoms with Crippen molar-refractivity contribution in [1.82, 2.24) is 4.90 Å². The van der Waals surface area contributed by atoms with Gasteiger partial charge in [-0.1, -0.05) is 30.3 Å². The summed E-state index contributed by atoms with van der Waals surface area (Å²) in [6, 6.07) is 9.05. The zero-order valence-corrected chi connectivity index (χ0v) is 15.4. The molecule has 0 bridgehead atoms. The van der Waals surface area contributed by atoms with Crippen molar-refractivity contribution in [2.75, 3.05) is 19.8 Å². The largest absolute Gasteiger partial charge is 0.465 e. The highest BCUT2D eigenvalue weighted by Crippen LogP contribution is 2.24. The number of carbonyl (C=O) groups is 2. The molecule has 0 spiro atoms. The average molecular weight is 349 g/mol. The summed E-state index contributed by atoms with van der Waals surface area (Å²) < 4.78 is 16.0. The quantitative estimate of drug-likeness (QED) is 0.529. The molecule has 1 saturated heterocycles. The predicted molar refractivity (Wildman–Crippen MR) is 92.9 cm³/mol. The van der Waals surface area contributed by atoms with Crippen LogP contribution in [0.25, 0.3) is 0 Å². The Morgan fingerprint density at radius 3 is 2.44 bits per heavy atom. The first-order chi connectivity index (χ1) is 11.8. The van der Waals surface area contributed by atoms with Gasteiger partial charge >= 0.3 is 11.9 Å². The molecule has 0 radical (unpaired) electrons. The third-order valence-electron chi connectivity index (χ3n) is 3.62. The Hall–Kier alpha value is -1.92. The smallest absolute Gasteiger partial charge is 0.326 e. The summed E-state index contributed by atoms with van der Waals surface area (Å²) in [4.78, 5) is 26.5. The number of hydrogen-bond donors (Lipinski definition) is 0. The molecule has 138 valence electrons. The minimum Gasteiger partial charge on any atom is -0.465 e. The molecule has 1 aliphatic rings. The van der Waals surface area contributed by atoms with Crippen molar-refractivity contribution in [3.8, 4) is 0 Å². The first kappa shape index (κ1) is 19.4. The fourth-order valence-electron chi connectivity index (χ4n) is 2.58. The standard InChI is InChI=1S/C19H27NO5/c1-5-23-16(21)12-20(11-14-9-7-6-8-10-14)17(15-13-24-15)18(22)25-19(2,3)4/h6-10,15,17H,5,11-13H2,1-4H3. The van der Waals surface area contributed by atoms with Crippen LogP contribution in [0.5, 0.6) is 0 Å². The Kier molecular flexibility index (Phi) is 6.56. The van der Waals surface area contributed by atoms with Gasteiger partial charge in [0.05, 0.1) is 19.8 Å². The predicted octanol–water partition coefficient (Wildman–Crippen LogP) is 2.16. The van der Waals surface area contributed by atoms with E-state index in [4.69, 9.17) is 14.2 Å². The van der Waals surface area contributed by atoms with Crippen LogP contribution in [0.15, 0.2) is 30.3 Å². The lowest BCUT2D eigenvalue weighted by molar-refractivity contribution is -0.164. The number of nitrogens with zero attached hydrogens (tertiary/aromatic N) is 1. The summed E-state index contributed by atoms with van der Waals surface area (Å²) in [7, 11) is 0. The summed E-state index contributed by atoms with van der Waals surface area (Å²) in [5.74, 6) is -0.747. The van der Waals surface area contributed by atoms with E-state index in [-0.39, 0.29) is 24.6 Å². The molecule has 0 saturated carbocycles. The minimum absolute atomic E-state index is 0.00645. The van der Waals surface area contributed by atoms with Crippen molar-refractivity contribution in [2.24, 2.45) is 0 Å². The third-order valence-corrected chi connectivity index (χ3v) is 3.62. The number of esters is 2. The van der Waals surface area contributed by atoms with Crippen LogP contribution in [0.2, 0.25) is 0 Å². The molecule has 2 unspecified atom stereocenters. The molecule has 0 aromatic heterocycles. The molecule has 0 aliphatic carbocycles. The SMILES string of the molecule is CCOC(=O)CN(Cc1ccccc1)C(C(=O)OC(C)(C)C)C1CO1. The molecule has 1 aromatic rings. The number of rotatable bonds is 8. The van der Waals surface area contributed by atoms with Gasteiger partial charge in [0, 0.05) is 6.54 Å². The second-order valence-corrected chi connectivity index (χ2v) is 7.05. The van der Waals surface area contributed by atoms with Crippen molar-refractivity contribution in [1.29, 1.82) is 0 Å². The minimum atomic E-state index is -0.635. The van der Waals surface area contributed by atoms with E-state index in [0.717, 1.165) is 5.56 Å². The van der Waals surface area contributed by atoms with Gasteiger partial charge in [-0.25, -0.2) is 0 Å². The highest BCUT2D eigenvalue weighted by atomic mass is 16.6. The fourth-order valence-corrected chi connectivity index (χ4v) is 2.58. The molecular weight excluding hydrogens is 322 g/mol. The maximum absolute atomic E-state index is 12.7. The van der Waals surface area contributed by atoms with Crippen LogP contribution in [0.1, 0.15) is 33.3 Å². The van der Waals surface area contributed by atoms with Crippen molar-refractivity contribution < 1.29 is 23.8 Å². The topological polar surface area (TPSA) is 68.4 Å². The molecule has 6 heteroatoms. The molecule has 1 aromatic carbocycles. The number of ether oxygens (including phenoxy) is 3. The molecule has 0 amide bonds. The normalized spacial score (nSPS) is 17.9. The van der Waals surface area contributed by atoms with Crippen molar-refractivity contribution in [3.63, 3.8) is 0 Å². The van der Waals surface area contributed by atoms with Crippen LogP contribution in [0, 0.1) is 0 Å². The van der Waals surface area contributed by atoms with E-state index in [0.29, 0.717) is 19.8 Å². The maximum atomic E-state index is 12.7. The summed E-state index contributed by atoms with van der Waals surface area (Å²) in [6.07, 6.45) is -0.256. The van der Waals surface area contributed by atoms with Gasteiger partial charge < -0.3 is 14.2 Å². The zero-order valence-electron chi connectivity index (χ0n) is 15.4. The van der Waals surface area contributed by atoms with Crippen LogP contribution in [0.4, 0.5) is 0 Å². The van der Waals surface area contributed by atoms with E-state index in [1.54, 1.807) is 11.8 Å².